The quantitative estimate of drug-likeness (QED) is 0.736. The third-order valence-corrected chi connectivity index (χ3v) is 10.3. The van der Waals surface area contributed by atoms with E-state index in [1.165, 1.54) is 5.56 Å². The lowest BCUT2D eigenvalue weighted by Crippen LogP contribution is -2.58. The monoisotopic (exact) mass is 406 g/mol. The fourth-order valence-corrected chi connectivity index (χ4v) is 4.60. The second-order valence-electron chi connectivity index (χ2n) is 10.3. The minimum Gasteiger partial charge on any atom is -0.444 e. The van der Waals surface area contributed by atoms with Gasteiger partial charge in [0.15, 0.2) is 8.32 Å². The molecule has 1 heterocycles. The van der Waals surface area contributed by atoms with E-state index in [-0.39, 0.29) is 23.3 Å². The molecule has 0 bridgehead atoms. The second kappa shape index (κ2) is 8.17. The zero-order valence-corrected chi connectivity index (χ0v) is 19.8. The van der Waals surface area contributed by atoms with Gasteiger partial charge in [-0.3, -0.25) is 4.90 Å². The van der Waals surface area contributed by atoms with E-state index in [1.807, 2.05) is 37.8 Å². The number of amides is 1. The van der Waals surface area contributed by atoms with Crippen molar-refractivity contribution in [2.75, 3.05) is 6.54 Å². The number of nitrogens with two attached hydrogens (primary N) is 1. The highest BCUT2D eigenvalue weighted by atomic mass is 28.4. The SMILES string of the molecule is CC(C)(C)OC(=O)N1Cc2ccccc2C[C@H]1C(CN)O[Si](C)(C)C(C)(C)C. The van der Waals surface area contributed by atoms with Crippen LogP contribution < -0.4 is 5.73 Å². The van der Waals surface area contributed by atoms with Crippen molar-refractivity contribution in [1.29, 1.82) is 0 Å². The number of fused-ring (bicyclic) bond motifs is 1. The van der Waals surface area contributed by atoms with Crippen LogP contribution in [0.4, 0.5) is 4.79 Å². The number of benzene rings is 1. The predicted octanol–water partition coefficient (Wildman–Crippen LogP) is 4.70. The van der Waals surface area contributed by atoms with Gasteiger partial charge in [-0.2, -0.15) is 0 Å². The van der Waals surface area contributed by atoms with Gasteiger partial charge in [0.2, 0.25) is 0 Å². The van der Waals surface area contributed by atoms with Crippen LogP contribution in [-0.2, 0) is 22.1 Å². The maximum absolute atomic E-state index is 13.0. The number of hydrogen-bond donors (Lipinski definition) is 1. The fraction of sp³-hybridized carbons (Fsp3) is 0.682. The Bertz CT molecular complexity index is 692. The van der Waals surface area contributed by atoms with E-state index in [0.717, 1.165) is 12.0 Å². The van der Waals surface area contributed by atoms with Crippen molar-refractivity contribution in [1.82, 2.24) is 4.90 Å². The number of hydrogen-bond acceptors (Lipinski definition) is 4. The lowest BCUT2D eigenvalue weighted by atomic mass is 9.91. The van der Waals surface area contributed by atoms with Crippen LogP contribution in [0.2, 0.25) is 18.1 Å². The molecule has 0 spiro atoms. The average molecular weight is 407 g/mol. The first-order valence-electron chi connectivity index (χ1n) is 10.2. The van der Waals surface area contributed by atoms with Crippen LogP contribution in [0.3, 0.4) is 0 Å². The number of carbonyl (C=O) groups is 1. The first-order valence-corrected chi connectivity index (χ1v) is 13.1. The molecule has 28 heavy (non-hydrogen) atoms. The first-order chi connectivity index (χ1) is 12.7. The molecule has 2 rings (SSSR count). The van der Waals surface area contributed by atoms with Crippen LogP contribution in [0, 0.1) is 0 Å². The van der Waals surface area contributed by atoms with E-state index in [9.17, 15) is 4.79 Å². The highest BCUT2D eigenvalue weighted by Crippen LogP contribution is 2.38. The lowest BCUT2D eigenvalue weighted by Gasteiger charge is -2.45. The Labute approximate surface area is 171 Å². The molecule has 0 saturated carbocycles. The average Bonchev–Trinajstić information content (AvgIpc) is 2.56. The molecule has 2 N–H and O–H groups in total. The van der Waals surface area contributed by atoms with E-state index in [4.69, 9.17) is 14.9 Å². The number of rotatable bonds is 4. The van der Waals surface area contributed by atoms with Gasteiger partial charge >= 0.3 is 6.09 Å². The molecule has 0 aliphatic carbocycles. The Balaban J connectivity index is 2.36. The summed E-state index contributed by atoms with van der Waals surface area (Å²) in [4.78, 5) is 14.9. The van der Waals surface area contributed by atoms with Crippen LogP contribution >= 0.6 is 0 Å². The van der Waals surface area contributed by atoms with Gasteiger partial charge in [0.25, 0.3) is 0 Å². The second-order valence-corrected chi connectivity index (χ2v) is 15.1. The van der Waals surface area contributed by atoms with Gasteiger partial charge in [0.05, 0.1) is 12.1 Å². The van der Waals surface area contributed by atoms with Crippen molar-refractivity contribution in [3.05, 3.63) is 35.4 Å². The van der Waals surface area contributed by atoms with Crippen LogP contribution in [-0.4, -0.2) is 43.6 Å². The molecule has 2 atom stereocenters. The minimum absolute atomic E-state index is 0.0732. The summed E-state index contributed by atoms with van der Waals surface area (Å²) in [5.74, 6) is 0. The van der Waals surface area contributed by atoms with Crippen LogP contribution in [0.1, 0.15) is 52.7 Å². The van der Waals surface area contributed by atoms with Crippen molar-refractivity contribution >= 4 is 14.4 Å². The molecule has 6 heteroatoms. The fourth-order valence-electron chi connectivity index (χ4n) is 3.24. The Morgan fingerprint density at radius 2 is 1.75 bits per heavy atom. The Kier molecular flexibility index (Phi) is 6.68. The summed E-state index contributed by atoms with van der Waals surface area (Å²) < 4.78 is 12.4. The third kappa shape index (κ3) is 5.36. The molecular weight excluding hydrogens is 368 g/mol. The molecule has 1 aliphatic rings. The van der Waals surface area contributed by atoms with Gasteiger partial charge in [-0.25, -0.2) is 4.79 Å². The van der Waals surface area contributed by atoms with E-state index >= 15 is 0 Å². The minimum atomic E-state index is -2.03. The molecule has 1 aromatic carbocycles. The van der Waals surface area contributed by atoms with Gasteiger partial charge in [0.1, 0.15) is 5.60 Å². The molecule has 0 aromatic heterocycles. The number of carbonyl (C=O) groups excluding carboxylic acids is 1. The van der Waals surface area contributed by atoms with Crippen molar-refractivity contribution in [3.63, 3.8) is 0 Å². The lowest BCUT2D eigenvalue weighted by molar-refractivity contribution is -0.00774. The first kappa shape index (κ1) is 22.9. The summed E-state index contributed by atoms with van der Waals surface area (Å²) in [6.45, 7) is 17.7. The molecule has 158 valence electrons. The van der Waals surface area contributed by atoms with E-state index < -0.39 is 13.9 Å². The van der Waals surface area contributed by atoms with Gasteiger partial charge in [-0.1, -0.05) is 45.0 Å². The van der Waals surface area contributed by atoms with E-state index in [0.29, 0.717) is 13.1 Å². The molecular formula is C22H38N2O3Si. The molecule has 5 nitrogen and oxygen atoms in total. The summed E-state index contributed by atoms with van der Waals surface area (Å²) in [6.07, 6.45) is 0.206. The molecule has 1 aliphatic heterocycles. The zero-order chi connectivity index (χ0) is 21.3. The highest BCUT2D eigenvalue weighted by Gasteiger charge is 2.43. The summed E-state index contributed by atoms with van der Waals surface area (Å²) in [6, 6.07) is 8.14. The third-order valence-electron chi connectivity index (χ3n) is 5.83. The van der Waals surface area contributed by atoms with Crippen molar-refractivity contribution in [2.45, 2.75) is 90.4 Å². The standard InChI is InChI=1S/C22H38N2O3Si/c1-21(2,3)26-20(25)24-15-17-12-10-9-11-16(17)13-18(24)19(14-23)27-28(7,8)22(4,5)6/h9-12,18-19H,13-15,23H2,1-8H3/t18-,19?/m0/s1. The van der Waals surface area contributed by atoms with Crippen molar-refractivity contribution < 1.29 is 14.0 Å². The summed E-state index contributed by atoms with van der Waals surface area (Å²) in [7, 11) is -2.03. The number of ether oxygens (including phenoxy) is 1. The van der Waals surface area contributed by atoms with E-state index in [2.05, 4.69) is 46.0 Å². The molecule has 0 radical (unpaired) electrons. The van der Waals surface area contributed by atoms with Gasteiger partial charge < -0.3 is 14.9 Å². The molecule has 1 unspecified atom stereocenters. The van der Waals surface area contributed by atoms with Crippen molar-refractivity contribution in [3.8, 4) is 0 Å². The molecule has 0 fully saturated rings. The maximum Gasteiger partial charge on any atom is 0.410 e. The topological polar surface area (TPSA) is 64.8 Å². The molecule has 1 amide bonds. The van der Waals surface area contributed by atoms with Gasteiger partial charge in [-0.05, 0) is 56.5 Å². The maximum atomic E-state index is 13.0. The highest BCUT2D eigenvalue weighted by molar-refractivity contribution is 6.74. The smallest absolute Gasteiger partial charge is 0.410 e. The number of nitrogens with zero attached hydrogens (tertiary/aromatic N) is 1. The largest absolute Gasteiger partial charge is 0.444 e. The van der Waals surface area contributed by atoms with Crippen molar-refractivity contribution in [2.24, 2.45) is 5.73 Å². The van der Waals surface area contributed by atoms with Gasteiger partial charge in [-0.15, -0.1) is 0 Å². The Morgan fingerprint density at radius 3 is 2.25 bits per heavy atom. The summed E-state index contributed by atoms with van der Waals surface area (Å²) in [5.41, 5.74) is 8.05. The van der Waals surface area contributed by atoms with Crippen LogP contribution in [0.5, 0.6) is 0 Å². The zero-order valence-electron chi connectivity index (χ0n) is 18.8. The Morgan fingerprint density at radius 1 is 1.18 bits per heavy atom. The van der Waals surface area contributed by atoms with E-state index in [1.54, 1.807) is 0 Å². The van der Waals surface area contributed by atoms with Gasteiger partial charge in [0, 0.05) is 13.1 Å². The Hall–Kier alpha value is -1.37. The summed E-state index contributed by atoms with van der Waals surface area (Å²) in [5, 5.41) is 0.0732. The van der Waals surface area contributed by atoms with Crippen LogP contribution in [0.15, 0.2) is 24.3 Å². The summed E-state index contributed by atoms with van der Waals surface area (Å²) >= 11 is 0. The van der Waals surface area contributed by atoms with Crippen LogP contribution in [0.25, 0.3) is 0 Å². The molecule has 0 saturated heterocycles. The molecule has 1 aromatic rings. The predicted molar refractivity (Wildman–Crippen MR) is 117 cm³/mol. The normalized spacial score (nSPS) is 19.2.